The molecule has 0 amide bonds. The van der Waals surface area contributed by atoms with Crippen LogP contribution in [-0.2, 0) is 0 Å². The molecule has 0 saturated carbocycles. The largest absolute Gasteiger partial charge is 0.259 e. The summed E-state index contributed by atoms with van der Waals surface area (Å²) in [6.07, 6.45) is 3.85. The molecule has 0 radical (unpaired) electrons. The Hall–Kier alpha value is -1.58. The summed E-state index contributed by atoms with van der Waals surface area (Å²) in [7, 11) is 0. The molecule has 0 atom stereocenters. The average molecular weight is 248 g/mol. The van der Waals surface area contributed by atoms with Crippen molar-refractivity contribution in [2.24, 2.45) is 0 Å². The monoisotopic (exact) mass is 248 g/mol. The van der Waals surface area contributed by atoms with E-state index in [1.54, 1.807) is 11.3 Å². The van der Waals surface area contributed by atoms with Crippen molar-refractivity contribution < 1.29 is 0 Å². The van der Waals surface area contributed by atoms with Crippen LogP contribution in [0.2, 0.25) is 0 Å². The van der Waals surface area contributed by atoms with Gasteiger partial charge in [-0.05, 0) is 23.6 Å². The Morgan fingerprint density at radius 1 is 1.56 bits per heavy atom. The second-order valence-corrected chi connectivity index (χ2v) is 4.72. The van der Waals surface area contributed by atoms with Crippen molar-refractivity contribution in [1.29, 1.82) is 5.26 Å². The molecule has 0 saturated heterocycles. The van der Waals surface area contributed by atoms with E-state index in [4.69, 9.17) is 5.26 Å². The lowest BCUT2D eigenvalue weighted by Crippen LogP contribution is -1.76. The molecule has 0 unspecified atom stereocenters. The summed E-state index contributed by atoms with van der Waals surface area (Å²) in [6, 6.07) is 6.06. The summed E-state index contributed by atoms with van der Waals surface area (Å²) in [5.74, 6) is 1.07. The van der Waals surface area contributed by atoms with Crippen LogP contribution >= 0.6 is 23.1 Å². The number of hydrogen-bond donors (Lipinski definition) is 1. The van der Waals surface area contributed by atoms with Gasteiger partial charge in [-0.2, -0.15) is 5.26 Å². The summed E-state index contributed by atoms with van der Waals surface area (Å²) in [5.41, 5.74) is 0. The Bertz CT molecular complexity index is 507. The Balaban J connectivity index is 2.00. The van der Waals surface area contributed by atoms with Crippen molar-refractivity contribution in [3.05, 3.63) is 28.2 Å². The second kappa shape index (κ2) is 5.49. The highest BCUT2D eigenvalue weighted by Gasteiger charge is 2.00. The minimum absolute atomic E-state index is 0.367. The first-order valence-electron chi connectivity index (χ1n) is 4.52. The van der Waals surface area contributed by atoms with Gasteiger partial charge in [0, 0.05) is 4.88 Å². The molecule has 0 aromatic carbocycles. The highest BCUT2D eigenvalue weighted by atomic mass is 32.2. The van der Waals surface area contributed by atoms with E-state index in [-0.39, 0.29) is 0 Å². The van der Waals surface area contributed by atoms with Gasteiger partial charge in [0.2, 0.25) is 5.16 Å². The normalized spacial score (nSPS) is 10.7. The van der Waals surface area contributed by atoms with Crippen LogP contribution in [0, 0.1) is 11.3 Å². The van der Waals surface area contributed by atoms with Crippen LogP contribution in [0.3, 0.4) is 0 Å². The van der Waals surface area contributed by atoms with E-state index in [0.717, 1.165) is 0 Å². The molecule has 80 valence electrons. The van der Waals surface area contributed by atoms with Crippen molar-refractivity contribution >= 4 is 35.3 Å². The first-order chi connectivity index (χ1) is 7.88. The highest BCUT2D eigenvalue weighted by molar-refractivity contribution is 7.99. The third-order valence-electron chi connectivity index (χ3n) is 1.70. The van der Waals surface area contributed by atoms with Crippen LogP contribution in [0.1, 0.15) is 10.7 Å². The average Bonchev–Trinajstić information content (AvgIpc) is 2.95. The van der Waals surface area contributed by atoms with Crippen molar-refractivity contribution in [3.8, 4) is 6.07 Å². The maximum Gasteiger partial charge on any atom is 0.209 e. The summed E-state index contributed by atoms with van der Waals surface area (Å²) in [5, 5.41) is 17.8. The first kappa shape index (κ1) is 10.9. The zero-order chi connectivity index (χ0) is 11.2. The summed E-state index contributed by atoms with van der Waals surface area (Å²) >= 11 is 2.98. The quantitative estimate of drug-likeness (QED) is 0.845. The van der Waals surface area contributed by atoms with Gasteiger partial charge in [-0.3, -0.25) is 5.10 Å². The smallest absolute Gasteiger partial charge is 0.209 e. The number of thioether (sulfide) groups is 1. The van der Waals surface area contributed by atoms with Gasteiger partial charge >= 0.3 is 0 Å². The van der Waals surface area contributed by atoms with E-state index >= 15 is 0 Å². The molecule has 0 aliphatic rings. The van der Waals surface area contributed by atoms with E-state index in [1.807, 2.05) is 35.7 Å². The number of rotatable bonds is 4. The molecule has 0 fully saturated rings. The van der Waals surface area contributed by atoms with Crippen LogP contribution in [-0.4, -0.2) is 20.9 Å². The van der Waals surface area contributed by atoms with Gasteiger partial charge in [-0.15, -0.1) is 16.4 Å². The number of nitriles is 1. The molecule has 1 N–H and O–H groups in total. The second-order valence-electron chi connectivity index (χ2n) is 2.80. The number of nitrogens with one attached hydrogen (secondary N) is 1. The fourth-order valence-corrected chi connectivity index (χ4v) is 2.13. The Morgan fingerprint density at radius 3 is 3.25 bits per heavy atom. The van der Waals surface area contributed by atoms with E-state index in [1.165, 1.54) is 16.6 Å². The van der Waals surface area contributed by atoms with Crippen LogP contribution < -0.4 is 0 Å². The third kappa shape index (κ3) is 2.95. The SMILES string of the molecule is N#CCSc1n[nH]c(/C=C/c2cccs2)n1. The maximum absolute atomic E-state index is 8.41. The van der Waals surface area contributed by atoms with Crippen molar-refractivity contribution in [2.45, 2.75) is 5.16 Å². The van der Waals surface area contributed by atoms with E-state index in [9.17, 15) is 0 Å². The number of thiophene rings is 1. The van der Waals surface area contributed by atoms with Gasteiger partial charge in [0.15, 0.2) is 0 Å². The minimum Gasteiger partial charge on any atom is -0.259 e. The Kier molecular flexibility index (Phi) is 3.75. The van der Waals surface area contributed by atoms with Gasteiger partial charge in [0.25, 0.3) is 0 Å². The van der Waals surface area contributed by atoms with Gasteiger partial charge in [-0.25, -0.2) is 4.98 Å². The molecule has 0 aliphatic carbocycles. The van der Waals surface area contributed by atoms with Gasteiger partial charge in [-0.1, -0.05) is 17.8 Å². The predicted molar refractivity (Wildman–Crippen MR) is 66.0 cm³/mol. The Morgan fingerprint density at radius 2 is 2.50 bits per heavy atom. The molecule has 16 heavy (non-hydrogen) atoms. The van der Waals surface area contributed by atoms with Crippen molar-refractivity contribution in [2.75, 3.05) is 5.75 Å². The molecule has 2 aromatic rings. The van der Waals surface area contributed by atoms with E-state index < -0.39 is 0 Å². The molecule has 2 heterocycles. The lowest BCUT2D eigenvalue weighted by molar-refractivity contribution is 0.974. The molecule has 6 heteroatoms. The fraction of sp³-hybridized carbons (Fsp3) is 0.100. The molecule has 0 aliphatic heterocycles. The minimum atomic E-state index is 0.367. The van der Waals surface area contributed by atoms with Gasteiger partial charge in [0.05, 0.1) is 11.8 Å². The first-order valence-corrected chi connectivity index (χ1v) is 6.39. The number of hydrogen-bond acceptors (Lipinski definition) is 5. The van der Waals surface area contributed by atoms with Crippen molar-refractivity contribution in [3.63, 3.8) is 0 Å². The zero-order valence-corrected chi connectivity index (χ0v) is 9.88. The molecule has 4 nitrogen and oxygen atoms in total. The number of aromatic nitrogens is 3. The standard InChI is InChI=1S/C10H8N4S2/c11-5-7-16-10-12-9(13-14-10)4-3-8-2-1-6-15-8/h1-4,6H,7H2,(H,12,13,14)/b4-3+. The summed E-state index contributed by atoms with van der Waals surface area (Å²) in [4.78, 5) is 5.38. The number of H-pyrrole nitrogens is 1. The van der Waals surface area contributed by atoms with Crippen LogP contribution in [0.4, 0.5) is 0 Å². The summed E-state index contributed by atoms with van der Waals surface area (Å²) in [6.45, 7) is 0. The van der Waals surface area contributed by atoms with Gasteiger partial charge < -0.3 is 0 Å². The topological polar surface area (TPSA) is 65.4 Å². The zero-order valence-electron chi connectivity index (χ0n) is 8.25. The molecule has 0 bridgehead atoms. The molecular formula is C10H8N4S2. The van der Waals surface area contributed by atoms with E-state index in [2.05, 4.69) is 15.2 Å². The lowest BCUT2D eigenvalue weighted by atomic mass is 10.4. The van der Waals surface area contributed by atoms with Crippen LogP contribution in [0.15, 0.2) is 22.7 Å². The van der Waals surface area contributed by atoms with Crippen molar-refractivity contribution in [1.82, 2.24) is 15.2 Å². The molecule has 0 spiro atoms. The number of aromatic amines is 1. The highest BCUT2D eigenvalue weighted by Crippen LogP contribution is 2.14. The summed E-state index contributed by atoms with van der Waals surface area (Å²) < 4.78 is 0. The molecular weight excluding hydrogens is 240 g/mol. The lowest BCUT2D eigenvalue weighted by Gasteiger charge is -1.83. The molecule has 2 rings (SSSR count). The number of nitrogens with zero attached hydrogens (tertiary/aromatic N) is 3. The van der Waals surface area contributed by atoms with Gasteiger partial charge in [0.1, 0.15) is 5.82 Å². The predicted octanol–water partition coefficient (Wildman–Crippen LogP) is 2.65. The maximum atomic E-state index is 8.41. The van der Waals surface area contributed by atoms with Crippen LogP contribution in [0.25, 0.3) is 12.2 Å². The third-order valence-corrected chi connectivity index (χ3v) is 3.25. The Labute approximate surface area is 101 Å². The van der Waals surface area contributed by atoms with Crippen LogP contribution in [0.5, 0.6) is 0 Å². The van der Waals surface area contributed by atoms with E-state index in [0.29, 0.717) is 16.7 Å². The fourth-order valence-electron chi connectivity index (χ4n) is 1.04. The molecule has 2 aromatic heterocycles.